The lowest BCUT2D eigenvalue weighted by atomic mass is 10.2. The molecule has 1 aromatic rings. The molecule has 0 aliphatic carbocycles. The van der Waals surface area contributed by atoms with Crippen LogP contribution in [0.5, 0.6) is 0 Å². The molecule has 0 radical (unpaired) electrons. The van der Waals surface area contributed by atoms with Crippen molar-refractivity contribution >= 4 is 39.1 Å². The lowest BCUT2D eigenvalue weighted by Gasteiger charge is -2.17. The van der Waals surface area contributed by atoms with Crippen molar-refractivity contribution in [2.24, 2.45) is 0 Å². The van der Waals surface area contributed by atoms with Gasteiger partial charge >= 0.3 is 0 Å². The summed E-state index contributed by atoms with van der Waals surface area (Å²) in [6, 6.07) is 6.14. The fourth-order valence-electron chi connectivity index (χ4n) is 1.50. The average molecular weight is 341 g/mol. The number of alkyl halides is 1. The molecule has 1 atom stereocenters. The Hall–Kier alpha value is 0.200. The predicted molar refractivity (Wildman–Crippen MR) is 77.0 cm³/mol. The molecule has 0 spiro atoms. The van der Waals surface area contributed by atoms with Crippen LogP contribution in [0.4, 0.5) is 0 Å². The van der Waals surface area contributed by atoms with Crippen LogP contribution in [0.15, 0.2) is 22.7 Å². The van der Waals surface area contributed by atoms with Crippen LogP contribution in [0.2, 0.25) is 5.02 Å². The van der Waals surface area contributed by atoms with Crippen LogP contribution < -0.4 is 5.32 Å². The van der Waals surface area contributed by atoms with E-state index in [2.05, 4.69) is 21.2 Å². The molecule has 0 saturated carbocycles. The Morgan fingerprint density at radius 2 is 2.24 bits per heavy atom. The highest BCUT2D eigenvalue weighted by molar-refractivity contribution is 9.10. The number of rotatable bonds is 7. The highest BCUT2D eigenvalue weighted by Gasteiger charge is 2.08. The maximum atomic E-state index is 6.14. The van der Waals surface area contributed by atoms with E-state index in [0.29, 0.717) is 12.5 Å². The van der Waals surface area contributed by atoms with Crippen LogP contribution in [-0.2, 0) is 11.3 Å². The molecular weight excluding hydrogens is 325 g/mol. The first kappa shape index (κ1) is 15.3. The summed E-state index contributed by atoms with van der Waals surface area (Å²) in [4.78, 5) is 0. The van der Waals surface area contributed by atoms with Crippen LogP contribution in [0.3, 0.4) is 0 Å². The SMILES string of the molecule is COCC(CCCl)NCc1ccc(Br)cc1Cl. The van der Waals surface area contributed by atoms with E-state index in [9.17, 15) is 0 Å². The Bertz CT molecular complexity index is 343. The van der Waals surface area contributed by atoms with E-state index in [1.165, 1.54) is 0 Å². The third kappa shape index (κ3) is 5.58. The summed E-state index contributed by atoms with van der Waals surface area (Å²) in [5.41, 5.74) is 1.07. The molecule has 0 amide bonds. The van der Waals surface area contributed by atoms with Gasteiger partial charge in [0.1, 0.15) is 0 Å². The number of hydrogen-bond donors (Lipinski definition) is 1. The highest BCUT2D eigenvalue weighted by atomic mass is 79.9. The largest absolute Gasteiger partial charge is 0.383 e. The molecule has 1 unspecified atom stereocenters. The minimum Gasteiger partial charge on any atom is -0.383 e. The summed E-state index contributed by atoms with van der Waals surface area (Å²) in [5.74, 6) is 0.620. The quantitative estimate of drug-likeness (QED) is 0.761. The molecule has 0 aromatic heterocycles. The van der Waals surface area contributed by atoms with E-state index in [1.807, 2.05) is 18.2 Å². The Morgan fingerprint density at radius 3 is 2.82 bits per heavy atom. The van der Waals surface area contributed by atoms with Gasteiger partial charge in [-0.25, -0.2) is 0 Å². The number of methoxy groups -OCH3 is 1. The molecule has 0 heterocycles. The van der Waals surface area contributed by atoms with Crippen molar-refractivity contribution in [1.82, 2.24) is 5.32 Å². The summed E-state index contributed by atoms with van der Waals surface area (Å²) in [6.07, 6.45) is 0.879. The van der Waals surface area contributed by atoms with Gasteiger partial charge in [-0.2, -0.15) is 0 Å². The third-order valence-electron chi connectivity index (χ3n) is 2.42. The monoisotopic (exact) mass is 339 g/mol. The second kappa shape index (κ2) is 8.33. The molecule has 2 nitrogen and oxygen atoms in total. The molecule has 1 aromatic carbocycles. The lowest BCUT2D eigenvalue weighted by molar-refractivity contribution is 0.164. The molecule has 1 N–H and O–H groups in total. The van der Waals surface area contributed by atoms with Crippen molar-refractivity contribution in [1.29, 1.82) is 0 Å². The van der Waals surface area contributed by atoms with Crippen LogP contribution in [0.1, 0.15) is 12.0 Å². The van der Waals surface area contributed by atoms with Crippen LogP contribution in [0.25, 0.3) is 0 Å². The number of hydrogen-bond acceptors (Lipinski definition) is 2. The first-order valence-electron chi connectivity index (χ1n) is 5.39. The van der Waals surface area contributed by atoms with Crippen molar-refractivity contribution in [3.63, 3.8) is 0 Å². The maximum Gasteiger partial charge on any atom is 0.0616 e. The zero-order valence-corrected chi connectivity index (χ0v) is 12.8. The van der Waals surface area contributed by atoms with Gasteiger partial charge in [0.25, 0.3) is 0 Å². The molecule has 17 heavy (non-hydrogen) atoms. The smallest absolute Gasteiger partial charge is 0.0616 e. The van der Waals surface area contributed by atoms with Crippen LogP contribution >= 0.6 is 39.1 Å². The first-order valence-corrected chi connectivity index (χ1v) is 7.10. The van der Waals surface area contributed by atoms with Gasteiger partial charge in [-0.05, 0) is 24.1 Å². The minimum absolute atomic E-state index is 0.261. The van der Waals surface area contributed by atoms with Crippen LogP contribution in [-0.4, -0.2) is 25.6 Å². The number of ether oxygens (including phenoxy) is 1. The highest BCUT2D eigenvalue weighted by Crippen LogP contribution is 2.21. The van der Waals surface area contributed by atoms with E-state index in [1.54, 1.807) is 7.11 Å². The zero-order valence-electron chi connectivity index (χ0n) is 9.68. The fourth-order valence-corrected chi connectivity index (χ4v) is 2.50. The van der Waals surface area contributed by atoms with Gasteiger partial charge in [0, 0.05) is 35.1 Å². The number of benzene rings is 1. The molecule has 5 heteroatoms. The summed E-state index contributed by atoms with van der Waals surface area (Å²) < 4.78 is 6.12. The van der Waals surface area contributed by atoms with Crippen molar-refractivity contribution < 1.29 is 4.74 Å². The standard InChI is InChI=1S/C12H16BrCl2NO/c1-17-8-11(4-5-14)16-7-9-2-3-10(13)6-12(9)15/h2-3,6,11,16H,4-5,7-8H2,1H3. The van der Waals surface area contributed by atoms with Crippen molar-refractivity contribution in [2.45, 2.75) is 19.0 Å². The Kier molecular flexibility index (Phi) is 7.47. The maximum absolute atomic E-state index is 6.14. The van der Waals surface area contributed by atoms with Gasteiger partial charge in [-0.3, -0.25) is 0 Å². The van der Waals surface area contributed by atoms with Crippen LogP contribution in [0, 0.1) is 0 Å². The van der Waals surface area contributed by atoms with Crippen molar-refractivity contribution in [3.8, 4) is 0 Å². The summed E-state index contributed by atoms with van der Waals surface area (Å²) >= 11 is 15.3. The van der Waals surface area contributed by atoms with Gasteiger partial charge in [0.2, 0.25) is 0 Å². The van der Waals surface area contributed by atoms with Gasteiger partial charge in [0.05, 0.1) is 6.61 Å². The second-order valence-corrected chi connectivity index (χ2v) is 5.45. The minimum atomic E-state index is 0.261. The number of nitrogens with one attached hydrogen (secondary N) is 1. The number of halogens is 3. The summed E-state index contributed by atoms with van der Waals surface area (Å²) in [5, 5.41) is 4.15. The Labute approximate surface area is 121 Å². The molecule has 0 bridgehead atoms. The van der Waals surface area contributed by atoms with Gasteiger partial charge < -0.3 is 10.1 Å². The summed E-state index contributed by atoms with van der Waals surface area (Å²) in [6.45, 7) is 1.37. The van der Waals surface area contributed by atoms with E-state index in [4.69, 9.17) is 27.9 Å². The fraction of sp³-hybridized carbons (Fsp3) is 0.500. The van der Waals surface area contributed by atoms with E-state index in [0.717, 1.165) is 28.0 Å². The molecule has 0 aliphatic heterocycles. The molecular formula is C12H16BrCl2NO. The zero-order chi connectivity index (χ0) is 12.7. The van der Waals surface area contributed by atoms with Crippen molar-refractivity contribution in [2.75, 3.05) is 19.6 Å². The Morgan fingerprint density at radius 1 is 1.47 bits per heavy atom. The van der Waals surface area contributed by atoms with Gasteiger partial charge in [-0.1, -0.05) is 33.6 Å². The van der Waals surface area contributed by atoms with E-state index >= 15 is 0 Å². The van der Waals surface area contributed by atoms with E-state index < -0.39 is 0 Å². The predicted octanol–water partition coefficient (Wildman–Crippen LogP) is 3.84. The first-order chi connectivity index (χ1) is 8.17. The molecule has 0 saturated heterocycles. The molecule has 1 rings (SSSR count). The lowest BCUT2D eigenvalue weighted by Crippen LogP contribution is -2.33. The molecule has 96 valence electrons. The second-order valence-electron chi connectivity index (χ2n) is 3.75. The van der Waals surface area contributed by atoms with Gasteiger partial charge in [0.15, 0.2) is 0 Å². The summed E-state index contributed by atoms with van der Waals surface area (Å²) in [7, 11) is 1.69. The van der Waals surface area contributed by atoms with Gasteiger partial charge in [-0.15, -0.1) is 11.6 Å². The molecule has 0 fully saturated rings. The normalized spacial score (nSPS) is 12.7. The van der Waals surface area contributed by atoms with E-state index in [-0.39, 0.29) is 6.04 Å². The van der Waals surface area contributed by atoms with Crippen molar-refractivity contribution in [3.05, 3.63) is 33.3 Å². The average Bonchev–Trinajstić information content (AvgIpc) is 2.28. The third-order valence-corrected chi connectivity index (χ3v) is 3.49. The molecule has 0 aliphatic rings. The topological polar surface area (TPSA) is 21.3 Å². The Balaban J connectivity index is 2.52.